The van der Waals surface area contributed by atoms with Crippen molar-refractivity contribution in [1.29, 1.82) is 0 Å². The van der Waals surface area contributed by atoms with Crippen LogP contribution in [-0.4, -0.2) is 76.2 Å². The minimum absolute atomic E-state index is 0.222. The Morgan fingerprint density at radius 3 is 1.10 bits per heavy atom. The van der Waals surface area contributed by atoms with Crippen LogP contribution in [0, 0.1) is 10.8 Å². The molecule has 6 heteroatoms. The van der Waals surface area contributed by atoms with Gasteiger partial charge in [-0.05, 0) is 55.9 Å². The molecule has 0 radical (unpaired) electrons. The zero-order valence-corrected chi connectivity index (χ0v) is 20.0. The van der Waals surface area contributed by atoms with Crippen LogP contribution in [0.15, 0.2) is 48.6 Å². The largest absolute Gasteiger partial charge is 0.463 e. The van der Waals surface area contributed by atoms with Gasteiger partial charge in [-0.15, -0.1) is 0 Å². The van der Waals surface area contributed by atoms with Crippen LogP contribution in [0.3, 0.4) is 0 Å². The average molecular weight is 421 g/mol. The van der Waals surface area contributed by atoms with Crippen molar-refractivity contribution in [3.63, 3.8) is 0 Å². The molecule has 0 saturated carbocycles. The standard InChI is InChI=1S/C24H40N2O4/c1-9-13-23(14-10-2,21(27)29-19-17-25(5)6)24(15-11-3,16-12-4)22(28)30-20-18-26(7)8/h9-16H,17-20H2,1-8H3/b13-9-,14-10-,15-11-,16-12+. The molecule has 0 aliphatic heterocycles. The maximum absolute atomic E-state index is 13.5. The molecule has 0 saturated heterocycles. The minimum Gasteiger partial charge on any atom is -0.463 e. The zero-order chi connectivity index (χ0) is 23.2. The van der Waals surface area contributed by atoms with E-state index in [9.17, 15) is 9.59 Å². The van der Waals surface area contributed by atoms with Crippen molar-refractivity contribution in [1.82, 2.24) is 9.80 Å². The predicted octanol–water partition coefficient (Wildman–Crippen LogP) is 3.47. The van der Waals surface area contributed by atoms with Crippen LogP contribution < -0.4 is 0 Å². The van der Waals surface area contributed by atoms with Crippen molar-refractivity contribution < 1.29 is 19.1 Å². The van der Waals surface area contributed by atoms with E-state index in [-0.39, 0.29) is 13.2 Å². The maximum Gasteiger partial charge on any atom is 0.321 e. The lowest BCUT2D eigenvalue weighted by molar-refractivity contribution is -0.166. The molecule has 0 fully saturated rings. The molecule has 30 heavy (non-hydrogen) atoms. The molecule has 1 unspecified atom stereocenters. The topological polar surface area (TPSA) is 59.1 Å². The fourth-order valence-corrected chi connectivity index (χ4v) is 3.20. The first-order chi connectivity index (χ1) is 14.2. The van der Waals surface area contributed by atoms with Gasteiger partial charge in [0.05, 0.1) is 0 Å². The number of allylic oxidation sites excluding steroid dienone is 4. The molecular formula is C24H40N2O4. The van der Waals surface area contributed by atoms with Crippen LogP contribution in [0.25, 0.3) is 0 Å². The van der Waals surface area contributed by atoms with E-state index in [1.165, 1.54) is 0 Å². The molecule has 0 aromatic carbocycles. The van der Waals surface area contributed by atoms with Gasteiger partial charge >= 0.3 is 11.9 Å². The third-order valence-electron chi connectivity index (χ3n) is 4.62. The minimum atomic E-state index is -1.38. The third kappa shape index (κ3) is 7.26. The summed E-state index contributed by atoms with van der Waals surface area (Å²) in [5, 5.41) is 0. The highest BCUT2D eigenvalue weighted by atomic mass is 16.5. The molecule has 0 N–H and O–H groups in total. The van der Waals surface area contributed by atoms with E-state index in [0.29, 0.717) is 13.1 Å². The second-order valence-corrected chi connectivity index (χ2v) is 7.62. The highest BCUT2D eigenvalue weighted by Crippen LogP contribution is 2.47. The summed E-state index contributed by atoms with van der Waals surface area (Å²) in [6.45, 7) is 8.89. The smallest absolute Gasteiger partial charge is 0.321 e. The van der Waals surface area contributed by atoms with Gasteiger partial charge in [0, 0.05) is 13.1 Å². The van der Waals surface area contributed by atoms with Crippen molar-refractivity contribution >= 4 is 11.9 Å². The molecule has 6 nitrogen and oxygen atoms in total. The highest BCUT2D eigenvalue weighted by molar-refractivity contribution is 5.95. The fraction of sp³-hybridized carbons (Fsp3) is 0.583. The fourth-order valence-electron chi connectivity index (χ4n) is 3.20. The summed E-state index contributed by atoms with van der Waals surface area (Å²) in [6, 6.07) is 0. The molecule has 0 aromatic rings. The molecule has 1 atom stereocenters. The van der Waals surface area contributed by atoms with Crippen molar-refractivity contribution in [3.8, 4) is 0 Å². The first-order valence-corrected chi connectivity index (χ1v) is 10.4. The Morgan fingerprint density at radius 1 is 0.633 bits per heavy atom. The Labute approximate surface area is 182 Å². The first-order valence-electron chi connectivity index (χ1n) is 10.4. The summed E-state index contributed by atoms with van der Waals surface area (Å²) >= 11 is 0. The second kappa shape index (κ2) is 13.9. The van der Waals surface area contributed by atoms with Gasteiger partial charge in [-0.1, -0.05) is 48.6 Å². The summed E-state index contributed by atoms with van der Waals surface area (Å²) in [4.78, 5) is 30.8. The van der Waals surface area contributed by atoms with Gasteiger partial charge in [0.1, 0.15) is 24.0 Å². The van der Waals surface area contributed by atoms with Crippen molar-refractivity contribution in [2.75, 3.05) is 54.5 Å². The van der Waals surface area contributed by atoms with Gasteiger partial charge in [-0.3, -0.25) is 9.59 Å². The maximum atomic E-state index is 13.5. The van der Waals surface area contributed by atoms with E-state index in [2.05, 4.69) is 0 Å². The van der Waals surface area contributed by atoms with E-state index in [0.717, 1.165) is 0 Å². The lowest BCUT2D eigenvalue weighted by atomic mass is 9.61. The van der Waals surface area contributed by atoms with E-state index < -0.39 is 22.8 Å². The van der Waals surface area contributed by atoms with Gasteiger partial charge in [0.15, 0.2) is 0 Å². The molecular weight excluding hydrogens is 380 g/mol. The van der Waals surface area contributed by atoms with Crippen molar-refractivity contribution in [2.24, 2.45) is 10.8 Å². The van der Waals surface area contributed by atoms with Crippen molar-refractivity contribution in [2.45, 2.75) is 27.7 Å². The van der Waals surface area contributed by atoms with E-state index >= 15 is 0 Å². The number of likely N-dealkylation sites (N-methyl/N-ethyl adjacent to an activating group) is 2. The molecule has 0 aliphatic carbocycles. The van der Waals surface area contributed by atoms with Crippen LogP contribution >= 0.6 is 0 Å². The molecule has 0 amide bonds. The van der Waals surface area contributed by atoms with Gasteiger partial charge < -0.3 is 19.3 Å². The Kier molecular flexibility index (Phi) is 12.9. The number of carbonyl (C=O) groups is 2. The summed E-state index contributed by atoms with van der Waals surface area (Å²) in [6.07, 6.45) is 13.9. The molecule has 0 aliphatic rings. The van der Waals surface area contributed by atoms with Gasteiger partial charge in [0.25, 0.3) is 0 Å². The lowest BCUT2D eigenvalue weighted by Crippen LogP contribution is -2.50. The van der Waals surface area contributed by atoms with Crippen LogP contribution in [0.1, 0.15) is 27.7 Å². The van der Waals surface area contributed by atoms with Crippen LogP contribution in [0.2, 0.25) is 0 Å². The summed E-state index contributed by atoms with van der Waals surface area (Å²) in [5.74, 6) is -0.998. The number of nitrogens with zero attached hydrogens (tertiary/aromatic N) is 2. The van der Waals surface area contributed by atoms with E-state index in [1.807, 2.05) is 65.7 Å². The quantitative estimate of drug-likeness (QED) is 0.336. The zero-order valence-electron chi connectivity index (χ0n) is 20.0. The Balaban J connectivity index is 6.51. The molecule has 170 valence electrons. The number of ether oxygens (including phenoxy) is 2. The highest BCUT2D eigenvalue weighted by Gasteiger charge is 2.57. The molecule has 0 rings (SSSR count). The van der Waals surface area contributed by atoms with Gasteiger partial charge in [-0.2, -0.15) is 0 Å². The molecule has 0 bridgehead atoms. The molecule has 0 aromatic heterocycles. The molecule has 0 heterocycles. The van der Waals surface area contributed by atoms with Gasteiger partial charge in [0.2, 0.25) is 0 Å². The van der Waals surface area contributed by atoms with Crippen LogP contribution in [0.5, 0.6) is 0 Å². The Hall–Kier alpha value is -2.18. The van der Waals surface area contributed by atoms with Crippen molar-refractivity contribution in [3.05, 3.63) is 48.6 Å². The summed E-state index contributed by atoms with van der Waals surface area (Å²) in [5.41, 5.74) is -2.76. The molecule has 0 spiro atoms. The SMILES string of the molecule is C/C=C\C(/C=C\C)(C(=O)OCCN(C)C)C(/C=C\C)(/C=C/C)C(=O)OCCN(C)C. The average Bonchev–Trinajstić information content (AvgIpc) is 2.66. The number of hydrogen-bond acceptors (Lipinski definition) is 6. The number of esters is 2. The normalized spacial score (nSPS) is 15.1. The second-order valence-electron chi connectivity index (χ2n) is 7.62. The Morgan fingerprint density at radius 2 is 0.900 bits per heavy atom. The third-order valence-corrected chi connectivity index (χ3v) is 4.62. The van der Waals surface area contributed by atoms with Gasteiger partial charge in [-0.25, -0.2) is 0 Å². The Bertz CT molecular complexity index is 566. The van der Waals surface area contributed by atoms with Crippen LogP contribution in [-0.2, 0) is 19.1 Å². The first kappa shape index (κ1) is 27.8. The number of carbonyl (C=O) groups excluding carboxylic acids is 2. The number of hydrogen-bond donors (Lipinski definition) is 0. The van der Waals surface area contributed by atoms with Crippen LogP contribution in [0.4, 0.5) is 0 Å². The lowest BCUT2D eigenvalue weighted by Gasteiger charge is -2.40. The summed E-state index contributed by atoms with van der Waals surface area (Å²) < 4.78 is 11.3. The predicted molar refractivity (Wildman–Crippen MR) is 123 cm³/mol. The van der Waals surface area contributed by atoms with E-state index in [1.54, 1.807) is 48.6 Å². The summed E-state index contributed by atoms with van der Waals surface area (Å²) in [7, 11) is 7.63. The monoisotopic (exact) mass is 420 g/mol. The van der Waals surface area contributed by atoms with E-state index in [4.69, 9.17) is 9.47 Å². The number of rotatable bonds is 13.